The molecule has 0 bridgehead atoms. The van der Waals surface area contributed by atoms with Gasteiger partial charge in [-0.2, -0.15) is 0 Å². The third-order valence-corrected chi connectivity index (χ3v) is 7.03. The summed E-state index contributed by atoms with van der Waals surface area (Å²) in [5, 5.41) is 3.85. The van der Waals surface area contributed by atoms with E-state index in [0.717, 1.165) is 24.5 Å². The Labute approximate surface area is 155 Å². The van der Waals surface area contributed by atoms with Gasteiger partial charge in [-0.05, 0) is 38.3 Å². The Bertz CT molecular complexity index is 565. The van der Waals surface area contributed by atoms with Gasteiger partial charge in [0.05, 0.1) is 10.7 Å². The number of nitrogens with one attached hydrogen (secondary N) is 1. The number of unbranched alkanes of at least 4 members (excludes halogenated alkanes) is 1. The van der Waals surface area contributed by atoms with Gasteiger partial charge < -0.3 is 10.1 Å². The van der Waals surface area contributed by atoms with Gasteiger partial charge in [0.25, 0.3) is 5.91 Å². The zero-order chi connectivity index (χ0) is 17.4. The molecule has 1 saturated heterocycles. The number of esters is 1. The van der Waals surface area contributed by atoms with E-state index in [1.807, 2.05) is 21.6 Å². The van der Waals surface area contributed by atoms with Crippen molar-refractivity contribution in [3.8, 4) is 0 Å². The minimum atomic E-state index is -0.837. The molecule has 0 radical (unpaired) electrons. The van der Waals surface area contributed by atoms with Crippen molar-refractivity contribution in [3.63, 3.8) is 0 Å². The molecule has 1 fully saturated rings. The van der Waals surface area contributed by atoms with Gasteiger partial charge in [-0.15, -0.1) is 0 Å². The summed E-state index contributed by atoms with van der Waals surface area (Å²) in [4.78, 5) is 23.9. The molecule has 132 valence electrons. The number of ether oxygens (including phenoxy) is 1. The molecule has 2 atom stereocenters. The van der Waals surface area contributed by atoms with Gasteiger partial charge in [-0.25, -0.2) is 0 Å². The van der Waals surface area contributed by atoms with Crippen LogP contribution in [0.4, 0.5) is 5.69 Å². The number of hydrogen-bond donors (Lipinski definition) is 1. The van der Waals surface area contributed by atoms with Crippen molar-refractivity contribution in [1.29, 1.82) is 0 Å². The summed E-state index contributed by atoms with van der Waals surface area (Å²) in [6.45, 7) is 1.57. The maximum atomic E-state index is 12.1. The highest BCUT2D eigenvalue weighted by Gasteiger charge is 2.19. The van der Waals surface area contributed by atoms with Gasteiger partial charge in [0, 0.05) is 17.4 Å². The van der Waals surface area contributed by atoms with Crippen LogP contribution in [0.1, 0.15) is 39.0 Å². The first-order valence-electron chi connectivity index (χ1n) is 8.09. The fraction of sp³-hybridized carbons (Fsp3) is 0.529. The number of halogens is 1. The lowest BCUT2D eigenvalue weighted by atomic mass is 10.1. The van der Waals surface area contributed by atoms with Crippen LogP contribution in [0.15, 0.2) is 24.3 Å². The predicted octanol–water partition coefficient (Wildman–Crippen LogP) is 4.92. The second kappa shape index (κ2) is 10.2. The van der Waals surface area contributed by atoms with E-state index in [0.29, 0.717) is 17.1 Å². The fourth-order valence-corrected chi connectivity index (χ4v) is 5.52. The number of para-hydroxylation sites is 1. The van der Waals surface area contributed by atoms with E-state index < -0.39 is 6.10 Å². The molecule has 1 N–H and O–H groups in total. The van der Waals surface area contributed by atoms with Crippen LogP contribution in [0.3, 0.4) is 0 Å². The topological polar surface area (TPSA) is 55.4 Å². The molecule has 1 aromatic carbocycles. The van der Waals surface area contributed by atoms with Crippen LogP contribution in [-0.4, -0.2) is 29.0 Å². The highest BCUT2D eigenvalue weighted by molar-refractivity contribution is 8.77. The van der Waals surface area contributed by atoms with Crippen LogP contribution < -0.4 is 5.32 Å². The average Bonchev–Trinajstić information content (AvgIpc) is 3.07. The molecule has 0 aromatic heterocycles. The molecular weight excluding hydrogens is 366 g/mol. The molecular formula is C17H22ClNO3S2. The number of carbonyl (C=O) groups excluding carboxylic acids is 2. The van der Waals surface area contributed by atoms with E-state index in [1.165, 1.54) is 12.2 Å². The van der Waals surface area contributed by atoms with Crippen molar-refractivity contribution < 1.29 is 14.3 Å². The molecule has 0 spiro atoms. The standard InChI is InChI=1S/C17H22ClNO3S2/c1-12(17(21)19-15-8-4-3-7-14(15)18)22-16(20)9-5-2-6-13-10-11-23-24-13/h3-4,7-8,12-13H,2,5-6,9-11H2,1H3,(H,19,21)/t12-,13+/m1/s1. The highest BCUT2D eigenvalue weighted by Crippen LogP contribution is 2.39. The van der Waals surface area contributed by atoms with Gasteiger partial charge >= 0.3 is 5.97 Å². The Morgan fingerprint density at radius 2 is 2.17 bits per heavy atom. The summed E-state index contributed by atoms with van der Waals surface area (Å²) in [7, 11) is 3.89. The fourth-order valence-electron chi connectivity index (χ4n) is 2.31. The third kappa shape index (κ3) is 6.57. The molecule has 4 nitrogen and oxygen atoms in total. The third-order valence-electron chi connectivity index (χ3n) is 3.69. The summed E-state index contributed by atoms with van der Waals surface area (Å²) >= 11 is 5.99. The van der Waals surface area contributed by atoms with Crippen LogP contribution in [0, 0.1) is 0 Å². The highest BCUT2D eigenvalue weighted by atomic mass is 35.5. The SMILES string of the molecule is C[C@@H](OC(=O)CCCC[C@H]1CCSS1)C(=O)Nc1ccccc1Cl. The lowest BCUT2D eigenvalue weighted by Gasteiger charge is -2.14. The maximum absolute atomic E-state index is 12.1. The molecule has 1 aliphatic rings. The average molecular weight is 388 g/mol. The van der Waals surface area contributed by atoms with Crippen LogP contribution in [-0.2, 0) is 14.3 Å². The van der Waals surface area contributed by atoms with E-state index >= 15 is 0 Å². The van der Waals surface area contributed by atoms with Gasteiger partial charge in [0.15, 0.2) is 6.10 Å². The summed E-state index contributed by atoms with van der Waals surface area (Å²) in [5.41, 5.74) is 0.513. The van der Waals surface area contributed by atoms with Crippen molar-refractivity contribution >= 4 is 50.8 Å². The van der Waals surface area contributed by atoms with E-state index in [9.17, 15) is 9.59 Å². The number of rotatable bonds is 8. The van der Waals surface area contributed by atoms with Crippen molar-refractivity contribution in [1.82, 2.24) is 0 Å². The minimum Gasteiger partial charge on any atom is -0.453 e. The Morgan fingerprint density at radius 1 is 1.38 bits per heavy atom. The summed E-state index contributed by atoms with van der Waals surface area (Å²) in [6, 6.07) is 6.95. The van der Waals surface area contributed by atoms with Crippen molar-refractivity contribution in [2.75, 3.05) is 11.1 Å². The van der Waals surface area contributed by atoms with Crippen LogP contribution >= 0.6 is 33.2 Å². The van der Waals surface area contributed by atoms with Crippen molar-refractivity contribution in [2.24, 2.45) is 0 Å². The van der Waals surface area contributed by atoms with Gasteiger partial charge in [-0.1, -0.05) is 51.7 Å². The largest absolute Gasteiger partial charge is 0.453 e. The molecule has 7 heteroatoms. The summed E-state index contributed by atoms with van der Waals surface area (Å²) in [6.07, 6.45) is 3.75. The Hall–Kier alpha value is -0.850. The summed E-state index contributed by atoms with van der Waals surface area (Å²) in [5.74, 6) is 0.524. The first-order chi connectivity index (χ1) is 11.6. The molecule has 1 amide bonds. The molecule has 0 aliphatic carbocycles. The number of hydrogen-bond acceptors (Lipinski definition) is 5. The first kappa shape index (κ1) is 19.5. The predicted molar refractivity (Wildman–Crippen MR) is 103 cm³/mol. The van der Waals surface area contributed by atoms with E-state index in [-0.39, 0.29) is 11.9 Å². The van der Waals surface area contributed by atoms with Gasteiger partial charge in [0.1, 0.15) is 0 Å². The second-order valence-corrected chi connectivity index (χ2v) is 8.87. The number of carbonyl (C=O) groups is 2. The molecule has 1 aliphatic heterocycles. The number of benzene rings is 1. The second-order valence-electron chi connectivity index (χ2n) is 5.68. The molecule has 1 aromatic rings. The Morgan fingerprint density at radius 3 is 2.88 bits per heavy atom. The van der Waals surface area contributed by atoms with Crippen molar-refractivity contribution in [3.05, 3.63) is 29.3 Å². The van der Waals surface area contributed by atoms with Gasteiger partial charge in [-0.3, -0.25) is 9.59 Å². The molecule has 1 heterocycles. The quantitative estimate of drug-likeness (QED) is 0.389. The maximum Gasteiger partial charge on any atom is 0.306 e. The zero-order valence-electron chi connectivity index (χ0n) is 13.6. The zero-order valence-corrected chi connectivity index (χ0v) is 16.0. The Kier molecular flexibility index (Phi) is 8.29. The lowest BCUT2D eigenvalue weighted by Crippen LogP contribution is -2.30. The normalized spacial score (nSPS) is 18.2. The molecule has 0 saturated carbocycles. The van der Waals surface area contributed by atoms with Crippen LogP contribution in [0.5, 0.6) is 0 Å². The van der Waals surface area contributed by atoms with E-state index in [4.69, 9.17) is 16.3 Å². The molecule has 24 heavy (non-hydrogen) atoms. The first-order valence-corrected chi connectivity index (χ1v) is 10.9. The smallest absolute Gasteiger partial charge is 0.306 e. The number of anilines is 1. The van der Waals surface area contributed by atoms with Crippen LogP contribution in [0.2, 0.25) is 5.02 Å². The lowest BCUT2D eigenvalue weighted by molar-refractivity contribution is -0.153. The summed E-state index contributed by atoms with van der Waals surface area (Å²) < 4.78 is 5.19. The van der Waals surface area contributed by atoms with Gasteiger partial charge in [0.2, 0.25) is 0 Å². The molecule has 2 rings (SSSR count). The minimum absolute atomic E-state index is 0.328. The molecule has 0 unspecified atom stereocenters. The monoisotopic (exact) mass is 387 g/mol. The Balaban J connectivity index is 1.65. The van der Waals surface area contributed by atoms with Crippen LogP contribution in [0.25, 0.3) is 0 Å². The van der Waals surface area contributed by atoms with E-state index in [1.54, 1.807) is 31.2 Å². The van der Waals surface area contributed by atoms with E-state index in [2.05, 4.69) is 5.32 Å². The number of amides is 1. The van der Waals surface area contributed by atoms with Crippen molar-refractivity contribution in [2.45, 2.75) is 50.4 Å².